The van der Waals surface area contributed by atoms with Crippen LogP contribution in [0.25, 0.3) is 0 Å². The Morgan fingerprint density at radius 3 is 2.74 bits per heavy atom. The fourth-order valence-electron chi connectivity index (χ4n) is 4.72. The highest BCUT2D eigenvalue weighted by Crippen LogP contribution is 2.35. The molecule has 1 aromatic carbocycles. The van der Waals surface area contributed by atoms with Crippen molar-refractivity contribution in [2.75, 3.05) is 26.7 Å². The minimum atomic E-state index is -0.263. The number of aromatic amines is 1. The zero-order chi connectivity index (χ0) is 21.4. The molecule has 1 atom stereocenters. The summed E-state index contributed by atoms with van der Waals surface area (Å²) in [7, 11) is 1.65. The predicted molar refractivity (Wildman–Crippen MR) is 116 cm³/mol. The highest BCUT2D eigenvalue weighted by atomic mass is 16.5. The van der Waals surface area contributed by atoms with Crippen molar-refractivity contribution in [1.82, 2.24) is 19.8 Å². The number of amides is 1. The van der Waals surface area contributed by atoms with Gasteiger partial charge in [0.05, 0.1) is 19.1 Å². The molecule has 31 heavy (non-hydrogen) atoms. The zero-order valence-corrected chi connectivity index (χ0v) is 18.1. The van der Waals surface area contributed by atoms with Gasteiger partial charge in [0.2, 0.25) is 0 Å². The van der Waals surface area contributed by atoms with E-state index >= 15 is 0 Å². The first-order valence-corrected chi connectivity index (χ1v) is 10.9. The number of rotatable bonds is 5. The van der Waals surface area contributed by atoms with Gasteiger partial charge in [0.1, 0.15) is 17.6 Å². The molecule has 0 radical (unpaired) electrons. The second-order valence-corrected chi connectivity index (χ2v) is 8.37. The molecule has 0 aliphatic carbocycles. The van der Waals surface area contributed by atoms with Crippen molar-refractivity contribution in [3.8, 4) is 5.75 Å². The number of imidazole rings is 1. The zero-order valence-electron chi connectivity index (χ0n) is 18.1. The van der Waals surface area contributed by atoms with E-state index in [2.05, 4.69) is 14.9 Å². The number of benzene rings is 1. The molecule has 7 heteroatoms. The van der Waals surface area contributed by atoms with Crippen LogP contribution >= 0.6 is 0 Å². The van der Waals surface area contributed by atoms with E-state index in [0.29, 0.717) is 12.3 Å². The summed E-state index contributed by atoms with van der Waals surface area (Å²) >= 11 is 0. The highest BCUT2D eigenvalue weighted by Gasteiger charge is 2.36. The third-order valence-electron chi connectivity index (χ3n) is 6.44. The van der Waals surface area contributed by atoms with Gasteiger partial charge in [-0.25, -0.2) is 4.98 Å². The van der Waals surface area contributed by atoms with Crippen molar-refractivity contribution < 1.29 is 13.9 Å². The van der Waals surface area contributed by atoms with Gasteiger partial charge in [-0.1, -0.05) is 12.1 Å². The number of ether oxygens (including phenoxy) is 1. The summed E-state index contributed by atoms with van der Waals surface area (Å²) in [6.07, 6.45) is 4.94. The normalized spacial score (nSPS) is 18.9. The molecular formula is C24H28N4O3. The molecule has 0 bridgehead atoms. The number of nitrogens with zero attached hydrogens (tertiary/aromatic N) is 3. The maximum atomic E-state index is 13.6. The molecule has 1 fully saturated rings. The first-order valence-electron chi connectivity index (χ1n) is 10.9. The number of H-pyrrole nitrogens is 1. The second-order valence-electron chi connectivity index (χ2n) is 8.37. The smallest absolute Gasteiger partial charge is 0.290 e. The molecule has 0 unspecified atom stereocenters. The lowest BCUT2D eigenvalue weighted by atomic mass is 9.95. The molecule has 0 spiro atoms. The van der Waals surface area contributed by atoms with Crippen molar-refractivity contribution in [1.29, 1.82) is 0 Å². The first-order chi connectivity index (χ1) is 15.1. The Bertz CT molecular complexity index is 1060. The monoisotopic (exact) mass is 420 g/mol. The lowest BCUT2D eigenvalue weighted by molar-refractivity contribution is 0.0656. The van der Waals surface area contributed by atoms with Gasteiger partial charge in [-0.15, -0.1) is 0 Å². The molecule has 4 heterocycles. The number of nitrogens with one attached hydrogen (secondary N) is 1. The van der Waals surface area contributed by atoms with Crippen LogP contribution in [0.1, 0.15) is 57.7 Å². The Morgan fingerprint density at radius 2 is 2.00 bits per heavy atom. The van der Waals surface area contributed by atoms with Crippen LogP contribution < -0.4 is 4.74 Å². The van der Waals surface area contributed by atoms with Crippen molar-refractivity contribution in [2.45, 2.75) is 38.8 Å². The summed E-state index contributed by atoms with van der Waals surface area (Å²) in [5, 5.41) is 0. The molecule has 1 amide bonds. The molecule has 2 aliphatic rings. The average molecular weight is 421 g/mol. The van der Waals surface area contributed by atoms with Gasteiger partial charge in [-0.2, -0.15) is 0 Å². The molecule has 0 saturated carbocycles. The van der Waals surface area contributed by atoms with E-state index in [-0.39, 0.29) is 11.9 Å². The lowest BCUT2D eigenvalue weighted by Gasteiger charge is -2.34. The number of hydrogen-bond acceptors (Lipinski definition) is 5. The standard InChI is InChI=1S/C24H28N4O3/c1-16-18(14-27-10-3-4-11-27)13-21(31-16)24(29)28-12-9-20-22(26-15-25-20)23(28)17-5-7-19(30-2)8-6-17/h5-8,13,15,23H,3-4,9-12,14H2,1-2H3,(H,25,26)/t23-/m0/s1. The van der Waals surface area contributed by atoms with E-state index in [1.54, 1.807) is 13.4 Å². The van der Waals surface area contributed by atoms with Crippen LogP contribution in [0.4, 0.5) is 0 Å². The summed E-state index contributed by atoms with van der Waals surface area (Å²) in [4.78, 5) is 25.7. The Kier molecular flexibility index (Phi) is 5.28. The van der Waals surface area contributed by atoms with Gasteiger partial charge in [-0.05, 0) is 56.6 Å². The topological polar surface area (TPSA) is 74.6 Å². The van der Waals surface area contributed by atoms with Crippen LogP contribution in [0.5, 0.6) is 5.75 Å². The predicted octanol–water partition coefficient (Wildman–Crippen LogP) is 3.70. The molecule has 2 aliphatic heterocycles. The van der Waals surface area contributed by atoms with Crippen LogP contribution in [0.15, 0.2) is 41.1 Å². The van der Waals surface area contributed by atoms with Gasteiger partial charge >= 0.3 is 0 Å². The molecule has 3 aromatic rings. The largest absolute Gasteiger partial charge is 0.497 e. The van der Waals surface area contributed by atoms with Crippen molar-refractivity contribution in [2.24, 2.45) is 0 Å². The number of methoxy groups -OCH3 is 1. The van der Waals surface area contributed by atoms with E-state index in [1.165, 1.54) is 12.8 Å². The van der Waals surface area contributed by atoms with Gasteiger partial charge in [0.25, 0.3) is 5.91 Å². The molecule has 1 saturated heterocycles. The molecule has 2 aromatic heterocycles. The maximum absolute atomic E-state index is 13.6. The molecule has 1 N–H and O–H groups in total. The van der Waals surface area contributed by atoms with Crippen LogP contribution in [-0.2, 0) is 13.0 Å². The number of aromatic nitrogens is 2. The lowest BCUT2D eigenvalue weighted by Crippen LogP contribution is -2.40. The third-order valence-corrected chi connectivity index (χ3v) is 6.44. The average Bonchev–Trinajstić information content (AvgIpc) is 3.55. The SMILES string of the molecule is COc1ccc([C@H]2c3nc[nH]c3CCN2C(=O)c2cc(CN3CCCC3)c(C)o2)cc1. The Labute approximate surface area is 182 Å². The summed E-state index contributed by atoms with van der Waals surface area (Å²) in [6, 6.07) is 9.51. The Balaban J connectivity index is 1.45. The minimum absolute atomic E-state index is 0.0924. The van der Waals surface area contributed by atoms with Crippen LogP contribution in [0.2, 0.25) is 0 Å². The fourth-order valence-corrected chi connectivity index (χ4v) is 4.72. The summed E-state index contributed by atoms with van der Waals surface area (Å²) in [5.41, 5.74) is 4.08. The van der Waals surface area contributed by atoms with Crippen LogP contribution in [0.3, 0.4) is 0 Å². The van der Waals surface area contributed by atoms with E-state index < -0.39 is 0 Å². The summed E-state index contributed by atoms with van der Waals surface area (Å²) < 4.78 is 11.3. The second kappa shape index (κ2) is 8.23. The van der Waals surface area contributed by atoms with Crippen molar-refractivity contribution in [3.05, 3.63) is 70.7 Å². The van der Waals surface area contributed by atoms with Gasteiger partial charge in [0.15, 0.2) is 5.76 Å². The van der Waals surface area contributed by atoms with Gasteiger partial charge in [0, 0.05) is 30.8 Å². The molecular weight excluding hydrogens is 392 g/mol. The van der Waals surface area contributed by atoms with Crippen molar-refractivity contribution >= 4 is 5.91 Å². The molecule has 7 nitrogen and oxygen atoms in total. The van der Waals surface area contributed by atoms with E-state index in [0.717, 1.165) is 60.1 Å². The first kappa shape index (κ1) is 19.9. The number of carbonyl (C=O) groups is 1. The number of hydrogen-bond donors (Lipinski definition) is 1. The van der Waals surface area contributed by atoms with Gasteiger partial charge < -0.3 is 19.0 Å². The molecule has 162 valence electrons. The van der Waals surface area contributed by atoms with Crippen molar-refractivity contribution in [3.63, 3.8) is 0 Å². The van der Waals surface area contributed by atoms with Crippen LogP contribution in [0, 0.1) is 6.92 Å². The molecule has 5 rings (SSSR count). The minimum Gasteiger partial charge on any atom is -0.497 e. The maximum Gasteiger partial charge on any atom is 0.290 e. The fraction of sp³-hybridized carbons (Fsp3) is 0.417. The van der Waals surface area contributed by atoms with Crippen LogP contribution in [-0.4, -0.2) is 52.4 Å². The van der Waals surface area contributed by atoms with E-state index in [4.69, 9.17) is 9.15 Å². The number of aryl methyl sites for hydroxylation is 1. The van der Waals surface area contributed by atoms with E-state index in [9.17, 15) is 4.79 Å². The number of likely N-dealkylation sites (tertiary alicyclic amines) is 1. The Morgan fingerprint density at radius 1 is 1.23 bits per heavy atom. The number of carbonyl (C=O) groups excluding carboxylic acids is 1. The van der Waals surface area contributed by atoms with E-state index in [1.807, 2.05) is 42.2 Å². The quantitative estimate of drug-likeness (QED) is 0.681. The highest BCUT2D eigenvalue weighted by molar-refractivity contribution is 5.92. The Hall–Kier alpha value is -3.06. The summed E-state index contributed by atoms with van der Waals surface area (Å²) in [6.45, 7) is 5.62. The third kappa shape index (κ3) is 3.74. The number of fused-ring (bicyclic) bond motifs is 1. The number of furan rings is 1. The van der Waals surface area contributed by atoms with Gasteiger partial charge in [-0.3, -0.25) is 9.69 Å². The summed E-state index contributed by atoms with van der Waals surface area (Å²) in [5.74, 6) is 1.93.